The van der Waals surface area contributed by atoms with E-state index in [0.29, 0.717) is 12.6 Å². The molecule has 0 aromatic carbocycles. The summed E-state index contributed by atoms with van der Waals surface area (Å²) in [5, 5.41) is 3.31. The van der Waals surface area contributed by atoms with Crippen LogP contribution in [0.1, 0.15) is 34.1 Å². The second-order valence-electron chi connectivity index (χ2n) is 7.48. The van der Waals surface area contributed by atoms with Gasteiger partial charge in [0.05, 0.1) is 17.0 Å². The van der Waals surface area contributed by atoms with Crippen molar-refractivity contribution in [3.63, 3.8) is 0 Å². The monoisotopic (exact) mass is 356 g/mol. The topological polar surface area (TPSA) is 65.0 Å². The van der Waals surface area contributed by atoms with Crippen LogP contribution in [0, 0.1) is 0 Å². The summed E-state index contributed by atoms with van der Waals surface area (Å²) in [6.45, 7) is 12.4. The van der Waals surface area contributed by atoms with Crippen molar-refractivity contribution in [1.29, 1.82) is 0 Å². The van der Waals surface area contributed by atoms with Crippen LogP contribution < -0.4 is 5.32 Å². The van der Waals surface area contributed by atoms with Gasteiger partial charge in [-0.1, -0.05) is 12.2 Å². The molecule has 0 bridgehead atoms. The smallest absolute Gasteiger partial charge is 0.193 e. The van der Waals surface area contributed by atoms with Crippen molar-refractivity contribution in [2.45, 2.75) is 44.9 Å². The van der Waals surface area contributed by atoms with E-state index in [1.165, 1.54) is 0 Å². The van der Waals surface area contributed by atoms with E-state index in [0.717, 1.165) is 45.1 Å². The first kappa shape index (κ1) is 19.2. The predicted molar refractivity (Wildman–Crippen MR) is 100 cm³/mol. The van der Waals surface area contributed by atoms with Gasteiger partial charge in [0.2, 0.25) is 0 Å². The lowest BCUT2D eigenvalue weighted by Gasteiger charge is -2.25. The van der Waals surface area contributed by atoms with Gasteiger partial charge in [0, 0.05) is 38.8 Å². The summed E-state index contributed by atoms with van der Waals surface area (Å²) in [6, 6.07) is 0.558. The first-order valence-electron chi connectivity index (χ1n) is 8.89. The fourth-order valence-electron chi connectivity index (χ4n) is 3.03. The number of aliphatic imine (C=N–C) groups is 1. The number of hydrogen-bond donors (Lipinski definition) is 1. The van der Waals surface area contributed by atoms with Crippen molar-refractivity contribution in [1.82, 2.24) is 15.1 Å². The number of nitrogens with zero attached hydrogens (tertiary/aromatic N) is 3. The first-order valence-corrected chi connectivity index (χ1v) is 10.5. The maximum absolute atomic E-state index is 12.2. The SMILES string of the molecule is CCNC(=NCCS(=O)(=O)C(C)(C)C)N1CCC(N2CC=CC2)C1. The Morgan fingerprint density at radius 1 is 1.29 bits per heavy atom. The second kappa shape index (κ2) is 7.87. The third kappa shape index (κ3) is 4.72. The molecule has 0 aromatic heterocycles. The molecule has 1 fully saturated rings. The minimum Gasteiger partial charge on any atom is -0.357 e. The molecule has 0 aromatic rings. The molecular weight excluding hydrogens is 324 g/mol. The highest BCUT2D eigenvalue weighted by Gasteiger charge is 2.30. The van der Waals surface area contributed by atoms with Crippen LogP contribution in [0.4, 0.5) is 0 Å². The number of sulfone groups is 1. The molecule has 1 N–H and O–H groups in total. The molecule has 0 aliphatic carbocycles. The van der Waals surface area contributed by atoms with E-state index >= 15 is 0 Å². The van der Waals surface area contributed by atoms with E-state index in [1.54, 1.807) is 20.8 Å². The van der Waals surface area contributed by atoms with Gasteiger partial charge in [0.25, 0.3) is 0 Å². The van der Waals surface area contributed by atoms with Gasteiger partial charge in [-0.05, 0) is 34.1 Å². The lowest BCUT2D eigenvalue weighted by molar-refractivity contribution is 0.259. The Kier molecular flexibility index (Phi) is 6.31. The zero-order valence-electron chi connectivity index (χ0n) is 15.5. The molecule has 1 saturated heterocycles. The lowest BCUT2D eigenvalue weighted by Crippen LogP contribution is -2.43. The molecule has 0 amide bonds. The Hall–Kier alpha value is -1.08. The van der Waals surface area contributed by atoms with Crippen LogP contribution in [0.3, 0.4) is 0 Å². The summed E-state index contributed by atoms with van der Waals surface area (Å²) < 4.78 is 23.7. The number of likely N-dealkylation sites (tertiary alicyclic amines) is 1. The largest absolute Gasteiger partial charge is 0.357 e. The number of guanidine groups is 1. The normalized spacial score (nSPS) is 23.2. The number of nitrogens with one attached hydrogen (secondary N) is 1. The van der Waals surface area contributed by atoms with Gasteiger partial charge in [-0.25, -0.2) is 8.42 Å². The Morgan fingerprint density at radius 3 is 2.54 bits per heavy atom. The Bertz CT molecular complexity index is 570. The highest BCUT2D eigenvalue weighted by Crippen LogP contribution is 2.18. The van der Waals surface area contributed by atoms with Gasteiger partial charge >= 0.3 is 0 Å². The van der Waals surface area contributed by atoms with Crippen LogP contribution in [-0.4, -0.2) is 80.0 Å². The van der Waals surface area contributed by atoms with Crippen LogP contribution >= 0.6 is 0 Å². The maximum atomic E-state index is 12.2. The second-order valence-corrected chi connectivity index (χ2v) is 10.3. The minimum absolute atomic E-state index is 0.0959. The average molecular weight is 357 g/mol. The first-order chi connectivity index (χ1) is 11.2. The molecule has 0 saturated carbocycles. The molecule has 0 spiro atoms. The van der Waals surface area contributed by atoms with E-state index in [9.17, 15) is 8.42 Å². The molecule has 2 aliphatic heterocycles. The van der Waals surface area contributed by atoms with Crippen LogP contribution in [0.5, 0.6) is 0 Å². The number of rotatable bonds is 5. The van der Waals surface area contributed by atoms with E-state index in [4.69, 9.17) is 0 Å². The summed E-state index contributed by atoms with van der Waals surface area (Å²) in [6.07, 6.45) is 5.57. The molecule has 2 aliphatic rings. The Balaban J connectivity index is 1.94. The zero-order valence-corrected chi connectivity index (χ0v) is 16.3. The van der Waals surface area contributed by atoms with Crippen LogP contribution in [0.25, 0.3) is 0 Å². The minimum atomic E-state index is -3.13. The van der Waals surface area contributed by atoms with E-state index in [2.05, 4.69) is 32.3 Å². The van der Waals surface area contributed by atoms with E-state index < -0.39 is 14.6 Å². The third-order valence-corrected chi connectivity index (χ3v) is 7.30. The summed E-state index contributed by atoms with van der Waals surface area (Å²) in [5.74, 6) is 0.940. The molecule has 2 rings (SSSR count). The number of hydrogen-bond acceptors (Lipinski definition) is 4. The highest BCUT2D eigenvalue weighted by atomic mass is 32.2. The van der Waals surface area contributed by atoms with E-state index in [1.807, 2.05) is 6.92 Å². The fraction of sp³-hybridized carbons (Fsp3) is 0.824. The molecule has 138 valence electrons. The van der Waals surface area contributed by atoms with Crippen molar-refractivity contribution in [2.24, 2.45) is 4.99 Å². The van der Waals surface area contributed by atoms with Gasteiger partial charge in [-0.2, -0.15) is 0 Å². The third-order valence-electron chi connectivity index (χ3n) is 4.72. The quantitative estimate of drug-likeness (QED) is 0.454. The zero-order chi connectivity index (χ0) is 17.8. The van der Waals surface area contributed by atoms with E-state index in [-0.39, 0.29) is 5.75 Å². The molecule has 0 radical (unpaired) electrons. The van der Waals surface area contributed by atoms with Gasteiger partial charge < -0.3 is 10.2 Å². The van der Waals surface area contributed by atoms with Crippen molar-refractivity contribution in [2.75, 3.05) is 45.0 Å². The van der Waals surface area contributed by atoms with Gasteiger partial charge in [-0.3, -0.25) is 9.89 Å². The standard InChI is InChI=1S/C17H32N4O2S/c1-5-18-16(19-9-13-24(22,23)17(2,3)4)21-12-8-15(14-21)20-10-6-7-11-20/h6-7,15H,5,8-14H2,1-4H3,(H,18,19). The average Bonchev–Trinajstić information content (AvgIpc) is 3.16. The van der Waals surface area contributed by atoms with Gasteiger partial charge in [0.15, 0.2) is 15.8 Å². The summed E-state index contributed by atoms with van der Waals surface area (Å²) >= 11 is 0. The molecular formula is C17H32N4O2S. The van der Waals surface area contributed by atoms with Crippen molar-refractivity contribution >= 4 is 15.8 Å². The van der Waals surface area contributed by atoms with Gasteiger partial charge in [0.1, 0.15) is 0 Å². The summed E-state index contributed by atoms with van der Waals surface area (Å²) in [7, 11) is -3.13. The van der Waals surface area contributed by atoms with Crippen molar-refractivity contribution < 1.29 is 8.42 Å². The molecule has 6 nitrogen and oxygen atoms in total. The summed E-state index contributed by atoms with van der Waals surface area (Å²) in [4.78, 5) is 9.31. The van der Waals surface area contributed by atoms with Crippen LogP contribution in [0.2, 0.25) is 0 Å². The van der Waals surface area contributed by atoms with Crippen molar-refractivity contribution in [3.8, 4) is 0 Å². The molecule has 1 atom stereocenters. The van der Waals surface area contributed by atoms with Crippen LogP contribution in [0.15, 0.2) is 17.1 Å². The predicted octanol–water partition coefficient (Wildman–Crippen LogP) is 1.11. The van der Waals surface area contributed by atoms with Crippen LogP contribution in [-0.2, 0) is 9.84 Å². The molecule has 2 heterocycles. The van der Waals surface area contributed by atoms with Gasteiger partial charge in [-0.15, -0.1) is 0 Å². The summed E-state index contributed by atoms with van der Waals surface area (Å²) in [5.41, 5.74) is 0. The Labute approximate surface area is 146 Å². The molecule has 1 unspecified atom stereocenters. The maximum Gasteiger partial charge on any atom is 0.193 e. The fourth-order valence-corrected chi connectivity index (χ4v) is 3.97. The Morgan fingerprint density at radius 2 is 1.96 bits per heavy atom. The highest BCUT2D eigenvalue weighted by molar-refractivity contribution is 7.92. The lowest BCUT2D eigenvalue weighted by atomic mass is 10.2. The molecule has 7 heteroatoms. The van der Waals surface area contributed by atoms with Crippen molar-refractivity contribution in [3.05, 3.63) is 12.2 Å². The molecule has 24 heavy (non-hydrogen) atoms.